The zero-order valence-electron chi connectivity index (χ0n) is 11.1. The highest BCUT2D eigenvalue weighted by Gasteiger charge is 2.32. The molecule has 1 fully saturated rings. The van der Waals surface area contributed by atoms with Crippen LogP contribution in [0.25, 0.3) is 0 Å². The highest BCUT2D eigenvalue weighted by molar-refractivity contribution is 9.10. The van der Waals surface area contributed by atoms with Crippen molar-refractivity contribution in [3.8, 4) is 0 Å². The number of thiophene rings is 1. The fourth-order valence-electron chi connectivity index (χ4n) is 3.04. The lowest BCUT2D eigenvalue weighted by atomic mass is 9.82. The molecule has 0 spiro atoms. The van der Waals surface area contributed by atoms with Crippen LogP contribution in [0.1, 0.15) is 43.0 Å². The molecule has 0 aliphatic heterocycles. The van der Waals surface area contributed by atoms with E-state index in [1.807, 2.05) is 14.2 Å². The van der Waals surface area contributed by atoms with Crippen LogP contribution in [-0.2, 0) is 4.74 Å². The van der Waals surface area contributed by atoms with E-state index in [2.05, 4.69) is 32.7 Å². The first-order valence-corrected chi connectivity index (χ1v) is 8.38. The second-order valence-corrected chi connectivity index (χ2v) is 6.80. The number of likely N-dealkylation sites (N-methyl/N-ethyl adjacent to an activating group) is 1. The number of methoxy groups -OCH3 is 1. The van der Waals surface area contributed by atoms with E-state index in [1.165, 1.54) is 41.5 Å². The molecule has 2 atom stereocenters. The van der Waals surface area contributed by atoms with Gasteiger partial charge in [0.1, 0.15) is 0 Å². The summed E-state index contributed by atoms with van der Waals surface area (Å²) in [6.45, 7) is 0. The predicted octanol–water partition coefficient (Wildman–Crippen LogP) is 4.37. The standard InChI is InChI=1S/C14H22BrNOS/c1-16-12(14-11(15)8-9-18-14)13(17-2)10-6-4-3-5-7-10/h8-10,12-13,16H,3-7H2,1-2H3. The molecule has 2 rings (SSSR count). The first kappa shape index (κ1) is 14.5. The molecule has 0 aromatic carbocycles. The van der Waals surface area contributed by atoms with Crippen LogP contribution in [-0.4, -0.2) is 20.3 Å². The summed E-state index contributed by atoms with van der Waals surface area (Å²) in [5.41, 5.74) is 0. The van der Waals surface area contributed by atoms with Gasteiger partial charge in [0, 0.05) is 16.5 Å². The molecule has 1 aromatic rings. The topological polar surface area (TPSA) is 21.3 Å². The fraction of sp³-hybridized carbons (Fsp3) is 0.714. The summed E-state index contributed by atoms with van der Waals surface area (Å²) in [4.78, 5) is 1.36. The summed E-state index contributed by atoms with van der Waals surface area (Å²) < 4.78 is 7.04. The van der Waals surface area contributed by atoms with Gasteiger partial charge in [0.05, 0.1) is 12.1 Å². The van der Waals surface area contributed by atoms with Crippen LogP contribution in [0.2, 0.25) is 0 Å². The van der Waals surface area contributed by atoms with Crippen molar-refractivity contribution in [2.24, 2.45) is 5.92 Å². The van der Waals surface area contributed by atoms with E-state index in [1.54, 1.807) is 11.3 Å². The van der Waals surface area contributed by atoms with Crippen molar-refractivity contribution < 1.29 is 4.74 Å². The number of hydrogen-bond donors (Lipinski definition) is 1. The van der Waals surface area contributed by atoms with Crippen molar-refractivity contribution in [3.63, 3.8) is 0 Å². The fourth-order valence-corrected chi connectivity index (χ4v) is 4.80. The zero-order chi connectivity index (χ0) is 13.0. The van der Waals surface area contributed by atoms with Gasteiger partial charge in [-0.2, -0.15) is 0 Å². The number of rotatable bonds is 5. The summed E-state index contributed by atoms with van der Waals surface area (Å²) in [5.74, 6) is 0.690. The van der Waals surface area contributed by atoms with Gasteiger partial charge in [0.25, 0.3) is 0 Å². The van der Waals surface area contributed by atoms with Crippen LogP contribution < -0.4 is 5.32 Å². The number of hydrogen-bond acceptors (Lipinski definition) is 3. The molecule has 102 valence electrons. The maximum atomic E-state index is 5.84. The Balaban J connectivity index is 2.15. The van der Waals surface area contributed by atoms with Crippen molar-refractivity contribution in [1.82, 2.24) is 5.32 Å². The summed E-state index contributed by atoms with van der Waals surface area (Å²) in [6.07, 6.45) is 6.99. The largest absolute Gasteiger partial charge is 0.379 e. The average molecular weight is 332 g/mol. The van der Waals surface area contributed by atoms with Gasteiger partial charge in [-0.25, -0.2) is 0 Å². The van der Waals surface area contributed by atoms with E-state index >= 15 is 0 Å². The van der Waals surface area contributed by atoms with Gasteiger partial charge in [0.15, 0.2) is 0 Å². The van der Waals surface area contributed by atoms with Crippen LogP contribution in [0.3, 0.4) is 0 Å². The number of ether oxygens (including phenoxy) is 1. The first-order chi connectivity index (χ1) is 8.77. The van der Waals surface area contributed by atoms with E-state index in [0.29, 0.717) is 12.0 Å². The van der Waals surface area contributed by atoms with Crippen LogP contribution in [0.4, 0.5) is 0 Å². The third-order valence-corrected chi connectivity index (χ3v) is 5.91. The lowest BCUT2D eigenvalue weighted by molar-refractivity contribution is 0.0101. The van der Waals surface area contributed by atoms with Gasteiger partial charge < -0.3 is 10.1 Å². The summed E-state index contributed by atoms with van der Waals surface area (Å²) in [5, 5.41) is 5.59. The monoisotopic (exact) mass is 331 g/mol. The summed E-state index contributed by atoms with van der Waals surface area (Å²) in [7, 11) is 3.89. The third-order valence-electron chi connectivity index (χ3n) is 3.95. The first-order valence-electron chi connectivity index (χ1n) is 6.71. The van der Waals surface area contributed by atoms with Gasteiger partial charge >= 0.3 is 0 Å². The Bertz CT molecular complexity index is 362. The molecule has 1 aromatic heterocycles. The number of halogens is 1. The number of nitrogens with one attached hydrogen (secondary N) is 1. The van der Waals surface area contributed by atoms with E-state index in [-0.39, 0.29) is 6.10 Å². The van der Waals surface area contributed by atoms with Crippen molar-refractivity contribution in [2.45, 2.75) is 44.2 Å². The van der Waals surface area contributed by atoms with Crippen molar-refractivity contribution in [1.29, 1.82) is 0 Å². The van der Waals surface area contributed by atoms with Crippen molar-refractivity contribution in [2.75, 3.05) is 14.2 Å². The molecule has 2 nitrogen and oxygen atoms in total. The van der Waals surface area contributed by atoms with Crippen molar-refractivity contribution in [3.05, 3.63) is 20.8 Å². The highest BCUT2D eigenvalue weighted by Crippen LogP contribution is 2.38. The molecule has 4 heteroatoms. The Kier molecular flexibility index (Phi) is 5.67. The van der Waals surface area contributed by atoms with E-state index in [9.17, 15) is 0 Å². The van der Waals surface area contributed by atoms with Crippen LogP contribution >= 0.6 is 27.3 Å². The molecule has 0 saturated heterocycles. The van der Waals surface area contributed by atoms with Crippen molar-refractivity contribution >= 4 is 27.3 Å². The van der Waals surface area contributed by atoms with Crippen LogP contribution in [0, 0.1) is 5.92 Å². The van der Waals surface area contributed by atoms with E-state index < -0.39 is 0 Å². The minimum absolute atomic E-state index is 0.283. The van der Waals surface area contributed by atoms with Crippen LogP contribution in [0.15, 0.2) is 15.9 Å². The second-order valence-electron chi connectivity index (χ2n) is 5.00. The SMILES string of the molecule is CNC(c1sccc1Br)C(OC)C1CCCCC1. The van der Waals surface area contributed by atoms with Crippen LogP contribution in [0.5, 0.6) is 0 Å². The molecule has 2 unspecified atom stereocenters. The average Bonchev–Trinajstić information content (AvgIpc) is 2.83. The molecule has 0 amide bonds. The van der Waals surface area contributed by atoms with E-state index in [4.69, 9.17) is 4.74 Å². The van der Waals surface area contributed by atoms with Gasteiger partial charge in [0.2, 0.25) is 0 Å². The Morgan fingerprint density at radius 3 is 2.61 bits per heavy atom. The molecular formula is C14H22BrNOS. The molecule has 1 N–H and O–H groups in total. The second kappa shape index (κ2) is 7.04. The molecule has 1 heterocycles. The molecule has 0 bridgehead atoms. The quantitative estimate of drug-likeness (QED) is 0.865. The van der Waals surface area contributed by atoms with Gasteiger partial charge in [-0.1, -0.05) is 19.3 Å². The van der Waals surface area contributed by atoms with E-state index in [0.717, 1.165) is 0 Å². The lowest BCUT2D eigenvalue weighted by Gasteiger charge is -2.34. The Hall–Kier alpha value is 0.1000. The maximum Gasteiger partial charge on any atom is 0.0802 e. The molecule has 1 aliphatic rings. The minimum atomic E-state index is 0.283. The maximum absolute atomic E-state index is 5.84. The Morgan fingerprint density at radius 1 is 1.39 bits per heavy atom. The Morgan fingerprint density at radius 2 is 2.11 bits per heavy atom. The predicted molar refractivity (Wildman–Crippen MR) is 81.2 cm³/mol. The molecule has 1 aliphatic carbocycles. The molecular weight excluding hydrogens is 310 g/mol. The van der Waals surface area contributed by atoms with Gasteiger partial charge in [-0.3, -0.25) is 0 Å². The zero-order valence-corrected chi connectivity index (χ0v) is 13.5. The normalized spacial score (nSPS) is 20.8. The minimum Gasteiger partial charge on any atom is -0.379 e. The highest BCUT2D eigenvalue weighted by atomic mass is 79.9. The van der Waals surface area contributed by atoms with Gasteiger partial charge in [-0.15, -0.1) is 11.3 Å². The third kappa shape index (κ3) is 3.16. The Labute approximate surface area is 122 Å². The smallest absolute Gasteiger partial charge is 0.0802 e. The van der Waals surface area contributed by atoms with Gasteiger partial charge in [-0.05, 0) is 53.2 Å². The lowest BCUT2D eigenvalue weighted by Crippen LogP contribution is -2.37. The molecule has 0 radical (unpaired) electrons. The molecule has 18 heavy (non-hydrogen) atoms. The molecule has 1 saturated carbocycles. The summed E-state index contributed by atoms with van der Waals surface area (Å²) in [6, 6.07) is 2.42. The summed E-state index contributed by atoms with van der Waals surface area (Å²) >= 11 is 5.44.